The van der Waals surface area contributed by atoms with E-state index < -0.39 is 0 Å². The molecule has 3 nitrogen and oxygen atoms in total. The van der Waals surface area contributed by atoms with E-state index >= 15 is 0 Å². The summed E-state index contributed by atoms with van der Waals surface area (Å²) in [5.41, 5.74) is 0.823. The van der Waals surface area contributed by atoms with Gasteiger partial charge in [0.25, 0.3) is 0 Å². The third-order valence-corrected chi connectivity index (χ3v) is 3.91. The fourth-order valence-corrected chi connectivity index (χ4v) is 2.56. The number of benzene rings is 1. The zero-order valence-corrected chi connectivity index (χ0v) is 11.9. The highest BCUT2D eigenvalue weighted by atomic mass is 79.9. The first-order valence-electron chi connectivity index (χ1n) is 4.92. The Morgan fingerprint density at radius 1 is 1.50 bits per heavy atom. The van der Waals surface area contributed by atoms with Crippen molar-refractivity contribution >= 4 is 43.5 Å². The minimum Gasteiger partial charge on any atom is -0.495 e. The van der Waals surface area contributed by atoms with Gasteiger partial charge >= 0.3 is 0 Å². The van der Waals surface area contributed by atoms with Crippen LogP contribution in [0.4, 0.5) is 5.69 Å². The van der Waals surface area contributed by atoms with E-state index in [1.807, 2.05) is 18.2 Å². The van der Waals surface area contributed by atoms with Gasteiger partial charge in [-0.25, -0.2) is 0 Å². The summed E-state index contributed by atoms with van der Waals surface area (Å²) in [4.78, 5) is 13.6. The fourth-order valence-electron chi connectivity index (χ4n) is 1.76. The number of carbonyl (C=O) groups is 1. The Balaban J connectivity index is 2.39. The molecule has 0 N–H and O–H groups in total. The Labute approximate surface area is 111 Å². The summed E-state index contributed by atoms with van der Waals surface area (Å²) in [6.45, 7) is 0.724. The van der Waals surface area contributed by atoms with E-state index in [1.54, 1.807) is 12.0 Å². The lowest BCUT2D eigenvalue weighted by Gasteiger charge is -2.19. The second-order valence-corrected chi connectivity index (χ2v) is 5.58. The number of nitrogens with zero attached hydrogens (tertiary/aromatic N) is 1. The molecule has 1 aromatic rings. The minimum atomic E-state index is -0.0730. The maximum atomic E-state index is 11.9. The molecule has 1 fully saturated rings. The Morgan fingerprint density at radius 3 is 2.81 bits per heavy atom. The molecule has 1 heterocycles. The van der Waals surface area contributed by atoms with Gasteiger partial charge in [0, 0.05) is 11.0 Å². The van der Waals surface area contributed by atoms with Gasteiger partial charge in [-0.05, 0) is 24.6 Å². The summed E-state index contributed by atoms with van der Waals surface area (Å²) in [6, 6.07) is 5.66. The SMILES string of the molecule is COc1ccc(Br)cc1N1CCC(Br)C1=O. The molecule has 16 heavy (non-hydrogen) atoms. The van der Waals surface area contributed by atoms with Crippen molar-refractivity contribution in [3.63, 3.8) is 0 Å². The Kier molecular flexibility index (Phi) is 3.54. The van der Waals surface area contributed by atoms with Gasteiger partial charge in [0.05, 0.1) is 17.6 Å². The average molecular weight is 349 g/mol. The largest absolute Gasteiger partial charge is 0.495 e. The van der Waals surface area contributed by atoms with Crippen molar-refractivity contribution in [3.05, 3.63) is 22.7 Å². The molecule has 1 aliphatic heterocycles. The van der Waals surface area contributed by atoms with Gasteiger partial charge in [0.15, 0.2) is 0 Å². The number of alkyl halides is 1. The van der Waals surface area contributed by atoms with Crippen LogP contribution in [0.5, 0.6) is 5.75 Å². The number of methoxy groups -OCH3 is 1. The van der Waals surface area contributed by atoms with Crippen molar-refractivity contribution in [1.29, 1.82) is 0 Å². The van der Waals surface area contributed by atoms with Crippen molar-refractivity contribution in [3.8, 4) is 5.75 Å². The van der Waals surface area contributed by atoms with E-state index in [9.17, 15) is 4.79 Å². The van der Waals surface area contributed by atoms with Crippen LogP contribution >= 0.6 is 31.9 Å². The third-order valence-electron chi connectivity index (χ3n) is 2.57. The first-order chi connectivity index (χ1) is 7.63. The molecule has 1 saturated heterocycles. The van der Waals surface area contributed by atoms with Gasteiger partial charge < -0.3 is 9.64 Å². The summed E-state index contributed by atoms with van der Waals surface area (Å²) in [5, 5.41) is 0. The quantitative estimate of drug-likeness (QED) is 0.769. The lowest BCUT2D eigenvalue weighted by Crippen LogP contribution is -2.27. The van der Waals surface area contributed by atoms with Crippen LogP contribution in [-0.4, -0.2) is 24.4 Å². The summed E-state index contributed by atoms with van der Waals surface area (Å²) in [6.07, 6.45) is 0.828. The number of anilines is 1. The highest BCUT2D eigenvalue weighted by molar-refractivity contribution is 9.10. The van der Waals surface area contributed by atoms with E-state index in [0.29, 0.717) is 0 Å². The lowest BCUT2D eigenvalue weighted by atomic mass is 10.2. The summed E-state index contributed by atoms with van der Waals surface area (Å²) in [5.74, 6) is 0.814. The molecular weight excluding hydrogens is 338 g/mol. The standard InChI is InChI=1S/C11H11Br2NO2/c1-16-10-3-2-7(12)6-9(10)14-5-4-8(13)11(14)15/h2-3,6,8H,4-5H2,1H3. The van der Waals surface area contributed by atoms with Gasteiger partial charge in [0.1, 0.15) is 5.75 Å². The smallest absolute Gasteiger partial charge is 0.240 e. The predicted octanol–water partition coefficient (Wildman–Crippen LogP) is 2.96. The molecule has 2 rings (SSSR count). The molecule has 1 aromatic carbocycles. The zero-order chi connectivity index (χ0) is 11.7. The molecule has 1 amide bonds. The molecule has 0 saturated carbocycles. The molecule has 0 radical (unpaired) electrons. The molecular formula is C11H11Br2NO2. The van der Waals surface area contributed by atoms with Crippen LogP contribution in [0, 0.1) is 0 Å². The zero-order valence-electron chi connectivity index (χ0n) is 8.74. The first kappa shape index (κ1) is 11.9. The molecule has 86 valence electrons. The number of rotatable bonds is 2. The molecule has 1 unspecified atom stereocenters. The first-order valence-corrected chi connectivity index (χ1v) is 6.63. The van der Waals surface area contributed by atoms with Gasteiger partial charge in [-0.1, -0.05) is 31.9 Å². The minimum absolute atomic E-state index is 0.0730. The molecule has 0 aromatic heterocycles. The molecule has 0 bridgehead atoms. The summed E-state index contributed by atoms with van der Waals surface area (Å²) >= 11 is 6.76. The Hall–Kier alpha value is -0.550. The van der Waals surface area contributed by atoms with Crippen molar-refractivity contribution in [2.75, 3.05) is 18.6 Å². The van der Waals surface area contributed by atoms with Crippen LogP contribution in [0.3, 0.4) is 0 Å². The second kappa shape index (κ2) is 4.75. The van der Waals surface area contributed by atoms with Crippen molar-refractivity contribution in [2.24, 2.45) is 0 Å². The van der Waals surface area contributed by atoms with Crippen LogP contribution < -0.4 is 9.64 Å². The van der Waals surface area contributed by atoms with Crippen LogP contribution in [0.1, 0.15) is 6.42 Å². The van der Waals surface area contributed by atoms with Crippen LogP contribution in [0.2, 0.25) is 0 Å². The monoisotopic (exact) mass is 347 g/mol. The number of halogens is 2. The molecule has 1 atom stereocenters. The number of hydrogen-bond acceptors (Lipinski definition) is 2. The normalized spacial score (nSPS) is 20.3. The molecule has 5 heteroatoms. The Morgan fingerprint density at radius 2 is 2.25 bits per heavy atom. The topological polar surface area (TPSA) is 29.5 Å². The Bertz CT molecular complexity index is 422. The van der Waals surface area contributed by atoms with E-state index in [4.69, 9.17) is 4.74 Å². The van der Waals surface area contributed by atoms with Gasteiger partial charge in [0.2, 0.25) is 5.91 Å². The third kappa shape index (κ3) is 2.11. The highest BCUT2D eigenvalue weighted by Gasteiger charge is 2.32. The van der Waals surface area contributed by atoms with Crippen molar-refractivity contribution < 1.29 is 9.53 Å². The average Bonchev–Trinajstić information content (AvgIpc) is 2.60. The van der Waals surface area contributed by atoms with E-state index in [1.165, 1.54) is 0 Å². The number of carbonyl (C=O) groups excluding carboxylic acids is 1. The summed E-state index contributed by atoms with van der Waals surface area (Å²) in [7, 11) is 1.61. The van der Waals surface area contributed by atoms with Gasteiger partial charge in [-0.15, -0.1) is 0 Å². The molecule has 0 aliphatic carbocycles. The van der Waals surface area contributed by atoms with E-state index in [0.717, 1.165) is 28.9 Å². The van der Waals surface area contributed by atoms with E-state index in [-0.39, 0.29) is 10.7 Å². The number of hydrogen-bond donors (Lipinski definition) is 0. The highest BCUT2D eigenvalue weighted by Crippen LogP contribution is 2.35. The molecule has 0 spiro atoms. The van der Waals surface area contributed by atoms with Gasteiger partial charge in [-0.2, -0.15) is 0 Å². The molecule has 1 aliphatic rings. The number of amides is 1. The van der Waals surface area contributed by atoms with Crippen molar-refractivity contribution in [2.45, 2.75) is 11.2 Å². The van der Waals surface area contributed by atoms with Crippen LogP contribution in [-0.2, 0) is 4.79 Å². The van der Waals surface area contributed by atoms with Crippen LogP contribution in [0.25, 0.3) is 0 Å². The lowest BCUT2D eigenvalue weighted by molar-refractivity contribution is -0.116. The second-order valence-electron chi connectivity index (χ2n) is 3.56. The fraction of sp³-hybridized carbons (Fsp3) is 0.364. The maximum Gasteiger partial charge on any atom is 0.240 e. The predicted molar refractivity (Wildman–Crippen MR) is 70.4 cm³/mol. The number of ether oxygens (including phenoxy) is 1. The van der Waals surface area contributed by atoms with E-state index in [2.05, 4.69) is 31.9 Å². The van der Waals surface area contributed by atoms with Crippen LogP contribution in [0.15, 0.2) is 22.7 Å². The van der Waals surface area contributed by atoms with Gasteiger partial charge in [-0.3, -0.25) is 4.79 Å². The van der Waals surface area contributed by atoms with Crippen molar-refractivity contribution in [1.82, 2.24) is 0 Å². The maximum absolute atomic E-state index is 11.9. The summed E-state index contributed by atoms with van der Waals surface area (Å²) < 4.78 is 6.21.